The first kappa shape index (κ1) is 23.9. The van der Waals surface area contributed by atoms with Gasteiger partial charge in [-0.1, -0.05) is 34.1 Å². The molecular formula is C23H22BrNO6S. The zero-order valence-corrected chi connectivity index (χ0v) is 20.2. The number of methoxy groups -OCH3 is 1. The standard InChI is InChI=1S/C23H22BrNO6S/c1-4-30-22(27)14(2)25-21(26)20(32-23(25)28)12-16-7-10-18(19(11-16)29-3)31-13-15-5-8-17(24)9-6-15/h5-12,14H,4,13H2,1-3H3/b20-12+/t14-/m0/s1. The molecule has 3 rings (SSSR count). The van der Waals surface area contributed by atoms with Crippen molar-refractivity contribution in [2.24, 2.45) is 0 Å². The second-order valence-electron chi connectivity index (χ2n) is 6.81. The molecule has 2 amide bonds. The minimum Gasteiger partial charge on any atom is -0.493 e. The van der Waals surface area contributed by atoms with Gasteiger partial charge in [-0.2, -0.15) is 0 Å². The van der Waals surface area contributed by atoms with E-state index in [2.05, 4.69) is 15.9 Å². The van der Waals surface area contributed by atoms with Crippen molar-refractivity contribution >= 4 is 50.9 Å². The Balaban J connectivity index is 1.75. The minimum atomic E-state index is -0.989. The van der Waals surface area contributed by atoms with Crippen molar-refractivity contribution in [2.45, 2.75) is 26.5 Å². The lowest BCUT2D eigenvalue weighted by Gasteiger charge is -2.19. The molecule has 1 saturated heterocycles. The Morgan fingerprint density at radius 2 is 1.88 bits per heavy atom. The molecule has 0 saturated carbocycles. The van der Waals surface area contributed by atoms with Gasteiger partial charge in [0.05, 0.1) is 18.6 Å². The molecule has 2 aromatic rings. The predicted octanol–water partition coefficient (Wildman–Crippen LogP) is 5.02. The van der Waals surface area contributed by atoms with E-state index in [0.717, 1.165) is 26.7 Å². The van der Waals surface area contributed by atoms with Crippen LogP contribution < -0.4 is 9.47 Å². The molecule has 0 radical (unpaired) electrons. The van der Waals surface area contributed by atoms with Gasteiger partial charge < -0.3 is 14.2 Å². The molecule has 1 heterocycles. The third kappa shape index (κ3) is 5.52. The van der Waals surface area contributed by atoms with Crippen LogP contribution in [0.1, 0.15) is 25.0 Å². The number of esters is 1. The summed E-state index contributed by atoms with van der Waals surface area (Å²) < 4.78 is 17.2. The molecule has 0 N–H and O–H groups in total. The summed E-state index contributed by atoms with van der Waals surface area (Å²) in [6.45, 7) is 3.68. The van der Waals surface area contributed by atoms with Crippen molar-refractivity contribution < 1.29 is 28.6 Å². The Kier molecular flexibility index (Phi) is 7.98. The Hall–Kier alpha value is -2.78. The van der Waals surface area contributed by atoms with Crippen LogP contribution in [0.5, 0.6) is 11.5 Å². The van der Waals surface area contributed by atoms with E-state index >= 15 is 0 Å². The van der Waals surface area contributed by atoms with Crippen molar-refractivity contribution in [1.82, 2.24) is 4.90 Å². The largest absolute Gasteiger partial charge is 0.493 e. The minimum absolute atomic E-state index is 0.172. The Labute approximate surface area is 198 Å². The van der Waals surface area contributed by atoms with Crippen LogP contribution in [0.4, 0.5) is 4.79 Å². The first-order valence-corrected chi connectivity index (χ1v) is 11.4. The summed E-state index contributed by atoms with van der Waals surface area (Å²) in [6, 6.07) is 12.0. The maximum atomic E-state index is 12.7. The summed E-state index contributed by atoms with van der Waals surface area (Å²) in [7, 11) is 1.53. The van der Waals surface area contributed by atoms with E-state index in [4.69, 9.17) is 14.2 Å². The Bertz CT molecular complexity index is 1050. The van der Waals surface area contributed by atoms with Crippen molar-refractivity contribution in [2.75, 3.05) is 13.7 Å². The highest BCUT2D eigenvalue weighted by atomic mass is 79.9. The molecule has 0 unspecified atom stereocenters. The third-order valence-corrected chi connectivity index (χ3v) is 6.04. The van der Waals surface area contributed by atoms with E-state index < -0.39 is 23.2 Å². The topological polar surface area (TPSA) is 82.1 Å². The summed E-state index contributed by atoms with van der Waals surface area (Å²) in [5, 5.41) is -0.511. The fourth-order valence-electron chi connectivity index (χ4n) is 2.97. The number of rotatable bonds is 8. The number of hydrogen-bond donors (Lipinski definition) is 0. The first-order valence-electron chi connectivity index (χ1n) is 9.83. The molecule has 2 aromatic carbocycles. The number of benzene rings is 2. The lowest BCUT2D eigenvalue weighted by molar-refractivity contribution is -0.150. The fraction of sp³-hybridized carbons (Fsp3) is 0.261. The average Bonchev–Trinajstić information content (AvgIpc) is 3.06. The summed E-state index contributed by atoms with van der Waals surface area (Å²) in [6.07, 6.45) is 1.59. The van der Waals surface area contributed by atoms with Gasteiger partial charge in [0.25, 0.3) is 11.1 Å². The molecule has 168 valence electrons. The average molecular weight is 520 g/mol. The van der Waals surface area contributed by atoms with Crippen molar-refractivity contribution in [3.8, 4) is 11.5 Å². The van der Waals surface area contributed by atoms with Crippen LogP contribution in [0.15, 0.2) is 51.8 Å². The van der Waals surface area contributed by atoms with Crippen molar-refractivity contribution in [3.05, 3.63) is 63.0 Å². The molecule has 0 bridgehead atoms. The van der Waals surface area contributed by atoms with E-state index in [-0.39, 0.29) is 11.5 Å². The van der Waals surface area contributed by atoms with Gasteiger partial charge in [-0.05, 0) is 67.1 Å². The van der Waals surface area contributed by atoms with Crippen LogP contribution in [0.25, 0.3) is 6.08 Å². The van der Waals surface area contributed by atoms with Crippen LogP contribution in [-0.4, -0.2) is 41.8 Å². The molecule has 9 heteroatoms. The third-order valence-electron chi connectivity index (χ3n) is 4.63. The normalized spacial score (nSPS) is 15.8. The van der Waals surface area contributed by atoms with Gasteiger partial charge in [0, 0.05) is 4.47 Å². The smallest absolute Gasteiger partial charge is 0.329 e. The van der Waals surface area contributed by atoms with E-state index in [9.17, 15) is 14.4 Å². The van der Waals surface area contributed by atoms with E-state index in [1.54, 1.807) is 31.2 Å². The fourth-order valence-corrected chi connectivity index (χ4v) is 4.14. The molecule has 0 aliphatic carbocycles. The molecule has 1 fully saturated rings. The van der Waals surface area contributed by atoms with Gasteiger partial charge in [0.1, 0.15) is 12.6 Å². The van der Waals surface area contributed by atoms with Crippen LogP contribution in [0.2, 0.25) is 0 Å². The highest BCUT2D eigenvalue weighted by Gasteiger charge is 2.41. The van der Waals surface area contributed by atoms with Gasteiger partial charge in [-0.15, -0.1) is 0 Å². The molecule has 1 aliphatic heterocycles. The number of carbonyl (C=O) groups excluding carboxylic acids is 3. The number of amides is 2. The van der Waals surface area contributed by atoms with Crippen LogP contribution in [0, 0.1) is 0 Å². The van der Waals surface area contributed by atoms with Gasteiger partial charge in [0.2, 0.25) is 0 Å². The van der Waals surface area contributed by atoms with Crippen molar-refractivity contribution in [1.29, 1.82) is 0 Å². The van der Waals surface area contributed by atoms with Crippen LogP contribution in [-0.2, 0) is 20.9 Å². The van der Waals surface area contributed by atoms with Gasteiger partial charge in [-0.3, -0.25) is 14.5 Å². The lowest BCUT2D eigenvalue weighted by atomic mass is 10.1. The predicted molar refractivity (Wildman–Crippen MR) is 125 cm³/mol. The Morgan fingerprint density at radius 1 is 1.16 bits per heavy atom. The number of hydrogen-bond acceptors (Lipinski definition) is 7. The van der Waals surface area contributed by atoms with Crippen LogP contribution in [0.3, 0.4) is 0 Å². The number of imide groups is 1. The second-order valence-corrected chi connectivity index (χ2v) is 8.71. The molecule has 1 aliphatic rings. The monoisotopic (exact) mass is 519 g/mol. The summed E-state index contributed by atoms with van der Waals surface area (Å²) in [5.41, 5.74) is 1.66. The van der Waals surface area contributed by atoms with E-state index in [1.807, 2.05) is 24.3 Å². The van der Waals surface area contributed by atoms with E-state index in [1.165, 1.54) is 14.0 Å². The second kappa shape index (κ2) is 10.7. The summed E-state index contributed by atoms with van der Waals surface area (Å²) >= 11 is 4.18. The zero-order chi connectivity index (χ0) is 23.3. The highest BCUT2D eigenvalue weighted by molar-refractivity contribution is 9.10. The summed E-state index contributed by atoms with van der Waals surface area (Å²) in [4.78, 5) is 38.1. The van der Waals surface area contributed by atoms with Crippen LogP contribution >= 0.6 is 27.7 Å². The molecule has 32 heavy (non-hydrogen) atoms. The molecule has 1 atom stereocenters. The highest BCUT2D eigenvalue weighted by Crippen LogP contribution is 2.36. The summed E-state index contributed by atoms with van der Waals surface area (Å²) in [5.74, 6) is -0.105. The quantitative estimate of drug-likeness (QED) is 0.357. The van der Waals surface area contributed by atoms with E-state index in [0.29, 0.717) is 23.7 Å². The number of carbonyl (C=O) groups is 3. The SMILES string of the molecule is CCOC(=O)[C@H](C)N1C(=O)S/C(=C/c2ccc(OCc3ccc(Br)cc3)c(OC)c2)C1=O. The van der Waals surface area contributed by atoms with Gasteiger partial charge >= 0.3 is 5.97 Å². The number of ether oxygens (including phenoxy) is 3. The first-order chi connectivity index (χ1) is 15.3. The zero-order valence-electron chi connectivity index (χ0n) is 17.8. The van der Waals surface area contributed by atoms with Gasteiger partial charge in [0.15, 0.2) is 11.5 Å². The maximum Gasteiger partial charge on any atom is 0.329 e. The molecule has 0 spiro atoms. The molecule has 7 nitrogen and oxygen atoms in total. The Morgan fingerprint density at radius 3 is 2.53 bits per heavy atom. The lowest BCUT2D eigenvalue weighted by Crippen LogP contribution is -2.42. The number of nitrogens with zero attached hydrogens (tertiary/aromatic N) is 1. The molecule has 0 aromatic heterocycles. The van der Waals surface area contributed by atoms with Gasteiger partial charge in [-0.25, -0.2) is 4.79 Å². The number of thioether (sulfide) groups is 1. The maximum absolute atomic E-state index is 12.7. The number of halogens is 1. The molecular weight excluding hydrogens is 498 g/mol. The van der Waals surface area contributed by atoms with Crippen molar-refractivity contribution in [3.63, 3.8) is 0 Å².